The summed E-state index contributed by atoms with van der Waals surface area (Å²) in [7, 11) is 0. The first-order chi connectivity index (χ1) is 5.94. The lowest BCUT2D eigenvalue weighted by molar-refractivity contribution is 0.00910. The number of hydrogen-bond donors (Lipinski definition) is 2. The molecule has 0 fully saturated rings. The van der Waals surface area contributed by atoms with Crippen LogP contribution in [0.1, 0.15) is 26.3 Å². The summed E-state index contributed by atoms with van der Waals surface area (Å²) < 4.78 is 0. The van der Waals surface area contributed by atoms with E-state index in [2.05, 4.69) is 0 Å². The van der Waals surface area contributed by atoms with Crippen LogP contribution in [0.5, 0.6) is 0 Å². The second-order valence-corrected chi connectivity index (χ2v) is 3.93. The second-order valence-electron chi connectivity index (χ2n) is 3.93. The van der Waals surface area contributed by atoms with Gasteiger partial charge in [0.1, 0.15) is 0 Å². The summed E-state index contributed by atoms with van der Waals surface area (Å²) >= 11 is 0. The minimum atomic E-state index is -0.796. The lowest BCUT2D eigenvalue weighted by atomic mass is 9.85. The first-order valence-electron chi connectivity index (χ1n) is 4.53. The number of benzene rings is 1. The first kappa shape index (κ1) is 10.1. The Labute approximate surface area is 79.4 Å². The fourth-order valence-corrected chi connectivity index (χ4v) is 1.19. The minimum Gasteiger partial charge on any atom is -0.399 e. The highest BCUT2D eigenvalue weighted by molar-refractivity contribution is 5.42. The molecule has 0 heterocycles. The average molecular weight is 179 g/mol. The van der Waals surface area contributed by atoms with Crippen molar-refractivity contribution in [3.8, 4) is 0 Å². The zero-order valence-electron chi connectivity index (χ0n) is 8.41. The average Bonchev–Trinajstić information content (AvgIpc) is 2.04. The maximum absolute atomic E-state index is 10.1. The van der Waals surface area contributed by atoms with Crippen LogP contribution in [0, 0.1) is 5.92 Å². The summed E-state index contributed by atoms with van der Waals surface area (Å²) in [6, 6.07) is 7.40. The van der Waals surface area contributed by atoms with Crippen molar-refractivity contribution >= 4 is 5.69 Å². The van der Waals surface area contributed by atoms with Crippen molar-refractivity contribution in [1.29, 1.82) is 0 Å². The van der Waals surface area contributed by atoms with Gasteiger partial charge in [-0.15, -0.1) is 0 Å². The van der Waals surface area contributed by atoms with E-state index < -0.39 is 5.60 Å². The van der Waals surface area contributed by atoms with Crippen molar-refractivity contribution in [1.82, 2.24) is 0 Å². The van der Waals surface area contributed by atoms with Gasteiger partial charge < -0.3 is 10.8 Å². The summed E-state index contributed by atoms with van der Waals surface area (Å²) in [6.45, 7) is 5.79. The van der Waals surface area contributed by atoms with Gasteiger partial charge in [-0.05, 0) is 30.5 Å². The van der Waals surface area contributed by atoms with Gasteiger partial charge in [0, 0.05) is 5.69 Å². The monoisotopic (exact) mass is 179 g/mol. The molecule has 0 radical (unpaired) electrons. The molecule has 0 saturated carbocycles. The molecule has 0 spiro atoms. The smallest absolute Gasteiger partial charge is 0.0892 e. The molecule has 13 heavy (non-hydrogen) atoms. The number of nitrogen functional groups attached to an aromatic ring is 1. The molecule has 1 rings (SSSR count). The van der Waals surface area contributed by atoms with Gasteiger partial charge in [-0.1, -0.05) is 26.0 Å². The van der Waals surface area contributed by atoms with E-state index in [1.807, 2.05) is 45.0 Å². The molecule has 1 atom stereocenters. The Morgan fingerprint density at radius 3 is 2.46 bits per heavy atom. The molecular weight excluding hydrogens is 162 g/mol. The normalized spacial score (nSPS) is 15.8. The number of aliphatic hydroxyl groups is 1. The van der Waals surface area contributed by atoms with Crippen LogP contribution in [0.3, 0.4) is 0 Å². The molecule has 0 aliphatic heterocycles. The third kappa shape index (κ3) is 2.01. The quantitative estimate of drug-likeness (QED) is 0.683. The molecule has 2 nitrogen and oxygen atoms in total. The SMILES string of the molecule is CC(C)C(C)(O)c1cccc(N)c1. The van der Waals surface area contributed by atoms with Gasteiger partial charge >= 0.3 is 0 Å². The van der Waals surface area contributed by atoms with Gasteiger partial charge in [0.15, 0.2) is 0 Å². The molecule has 0 aliphatic carbocycles. The van der Waals surface area contributed by atoms with Crippen LogP contribution in [0.2, 0.25) is 0 Å². The molecule has 0 saturated heterocycles. The fraction of sp³-hybridized carbons (Fsp3) is 0.455. The summed E-state index contributed by atoms with van der Waals surface area (Å²) in [4.78, 5) is 0. The Balaban J connectivity index is 3.07. The van der Waals surface area contributed by atoms with E-state index in [1.165, 1.54) is 0 Å². The van der Waals surface area contributed by atoms with Crippen molar-refractivity contribution in [2.75, 3.05) is 5.73 Å². The van der Waals surface area contributed by atoms with Crippen molar-refractivity contribution in [2.45, 2.75) is 26.4 Å². The number of nitrogens with two attached hydrogens (primary N) is 1. The Hall–Kier alpha value is -1.02. The molecule has 1 unspecified atom stereocenters. The molecule has 1 aromatic rings. The third-order valence-corrected chi connectivity index (χ3v) is 2.60. The zero-order chi connectivity index (χ0) is 10.1. The summed E-state index contributed by atoms with van der Waals surface area (Å²) in [6.07, 6.45) is 0. The standard InChI is InChI=1S/C11H17NO/c1-8(2)11(3,13)9-5-4-6-10(12)7-9/h4-8,13H,12H2,1-3H3. The molecular formula is C11H17NO. The predicted octanol–water partition coefficient (Wildman–Crippen LogP) is 2.13. The van der Waals surface area contributed by atoms with Crippen LogP contribution in [0.25, 0.3) is 0 Å². The van der Waals surface area contributed by atoms with E-state index in [0.717, 1.165) is 5.56 Å². The van der Waals surface area contributed by atoms with Crippen molar-refractivity contribution in [2.24, 2.45) is 5.92 Å². The second kappa shape index (κ2) is 3.38. The van der Waals surface area contributed by atoms with Crippen LogP contribution < -0.4 is 5.73 Å². The molecule has 3 N–H and O–H groups in total. The lowest BCUT2D eigenvalue weighted by Crippen LogP contribution is -2.27. The largest absolute Gasteiger partial charge is 0.399 e. The zero-order valence-corrected chi connectivity index (χ0v) is 8.41. The molecule has 72 valence electrons. The maximum atomic E-state index is 10.1. The van der Waals surface area contributed by atoms with Gasteiger partial charge in [-0.25, -0.2) is 0 Å². The number of rotatable bonds is 2. The summed E-state index contributed by atoms with van der Waals surface area (Å²) in [5.41, 5.74) is 6.42. The summed E-state index contributed by atoms with van der Waals surface area (Å²) in [5, 5.41) is 10.1. The third-order valence-electron chi connectivity index (χ3n) is 2.60. The van der Waals surface area contributed by atoms with Crippen LogP contribution in [-0.4, -0.2) is 5.11 Å². The predicted molar refractivity (Wildman–Crippen MR) is 55.3 cm³/mol. The van der Waals surface area contributed by atoms with Crippen LogP contribution >= 0.6 is 0 Å². The fourth-order valence-electron chi connectivity index (χ4n) is 1.19. The van der Waals surface area contributed by atoms with Crippen molar-refractivity contribution < 1.29 is 5.11 Å². The van der Waals surface area contributed by atoms with Crippen molar-refractivity contribution in [3.05, 3.63) is 29.8 Å². The highest BCUT2D eigenvalue weighted by atomic mass is 16.3. The van der Waals surface area contributed by atoms with Crippen LogP contribution in [0.4, 0.5) is 5.69 Å². The lowest BCUT2D eigenvalue weighted by Gasteiger charge is -2.28. The van der Waals surface area contributed by atoms with E-state index in [9.17, 15) is 5.11 Å². The van der Waals surface area contributed by atoms with Crippen LogP contribution in [0.15, 0.2) is 24.3 Å². The van der Waals surface area contributed by atoms with Gasteiger partial charge in [-0.3, -0.25) is 0 Å². The Bertz CT molecular complexity index is 292. The summed E-state index contributed by atoms with van der Waals surface area (Å²) in [5.74, 6) is 0.175. The van der Waals surface area contributed by atoms with Crippen LogP contribution in [-0.2, 0) is 5.60 Å². The number of hydrogen-bond acceptors (Lipinski definition) is 2. The highest BCUT2D eigenvalue weighted by Crippen LogP contribution is 2.29. The maximum Gasteiger partial charge on any atom is 0.0892 e. The van der Waals surface area contributed by atoms with E-state index >= 15 is 0 Å². The molecule has 0 amide bonds. The highest BCUT2D eigenvalue weighted by Gasteiger charge is 2.26. The Kier molecular flexibility index (Phi) is 2.62. The molecule has 0 aromatic heterocycles. The molecule has 0 aliphatic rings. The van der Waals surface area contributed by atoms with Gasteiger partial charge in [0.25, 0.3) is 0 Å². The molecule has 2 heteroatoms. The van der Waals surface area contributed by atoms with E-state index in [0.29, 0.717) is 5.69 Å². The van der Waals surface area contributed by atoms with E-state index in [1.54, 1.807) is 0 Å². The molecule has 0 bridgehead atoms. The van der Waals surface area contributed by atoms with Crippen molar-refractivity contribution in [3.63, 3.8) is 0 Å². The first-order valence-corrected chi connectivity index (χ1v) is 4.53. The molecule has 1 aromatic carbocycles. The topological polar surface area (TPSA) is 46.2 Å². The van der Waals surface area contributed by atoms with Gasteiger partial charge in [0.2, 0.25) is 0 Å². The Morgan fingerprint density at radius 2 is 2.00 bits per heavy atom. The van der Waals surface area contributed by atoms with E-state index in [4.69, 9.17) is 5.73 Å². The Morgan fingerprint density at radius 1 is 1.38 bits per heavy atom. The number of anilines is 1. The van der Waals surface area contributed by atoms with E-state index in [-0.39, 0.29) is 5.92 Å². The minimum absolute atomic E-state index is 0.175. The van der Waals surface area contributed by atoms with Gasteiger partial charge in [-0.2, -0.15) is 0 Å². The van der Waals surface area contributed by atoms with Gasteiger partial charge in [0.05, 0.1) is 5.60 Å².